The van der Waals surface area contributed by atoms with Crippen LogP contribution in [0.5, 0.6) is 0 Å². The van der Waals surface area contributed by atoms with Gasteiger partial charge in [-0.15, -0.1) is 10.2 Å². The van der Waals surface area contributed by atoms with Crippen LogP contribution in [0.25, 0.3) is 22.6 Å². The lowest BCUT2D eigenvalue weighted by Gasteiger charge is -2.24. The van der Waals surface area contributed by atoms with Crippen molar-refractivity contribution < 1.29 is 30.5 Å². The maximum absolute atomic E-state index is 13.7. The van der Waals surface area contributed by atoms with Gasteiger partial charge in [-0.3, -0.25) is 4.68 Å². The highest BCUT2D eigenvalue weighted by molar-refractivity contribution is 5.93. The largest absolute Gasteiger partial charge is 0.453 e. The molecule has 16 heteroatoms. The van der Waals surface area contributed by atoms with E-state index in [1.54, 1.807) is 6.21 Å². The molecule has 2 N–H and O–H groups in total. The Morgan fingerprint density at radius 3 is 2.60 bits per heavy atom. The summed E-state index contributed by atoms with van der Waals surface area (Å²) in [4.78, 5) is 21.5. The number of aryl methyl sites for hydroxylation is 2. The number of aromatic nitrogens is 8. The number of fused-ring (bicyclic) bond motifs is 2. The first-order chi connectivity index (χ1) is 20.2. The van der Waals surface area contributed by atoms with E-state index in [2.05, 4.69) is 40.2 Å². The molecule has 1 atom stereocenters. The highest BCUT2D eigenvalue weighted by atomic mass is 19.4. The van der Waals surface area contributed by atoms with E-state index in [0.29, 0.717) is 22.0 Å². The first kappa shape index (κ1) is 21.7. The molecule has 2 saturated carbocycles. The van der Waals surface area contributed by atoms with Crippen molar-refractivity contribution in [3.05, 3.63) is 29.4 Å². The van der Waals surface area contributed by atoms with Gasteiger partial charge in [-0.05, 0) is 31.6 Å². The molecule has 5 heterocycles. The summed E-state index contributed by atoms with van der Waals surface area (Å²) >= 11 is 0. The zero-order valence-electron chi connectivity index (χ0n) is 23.5. The van der Waals surface area contributed by atoms with E-state index in [4.69, 9.17) is 14.3 Å². The van der Waals surface area contributed by atoms with Crippen LogP contribution >= 0.6 is 0 Å². The third-order valence-corrected chi connectivity index (χ3v) is 7.43. The molecule has 2 fully saturated rings. The number of anilines is 1. The molecule has 1 unspecified atom stereocenters. The van der Waals surface area contributed by atoms with E-state index in [-0.39, 0.29) is 46.0 Å². The number of nitrogens with zero attached hydrogens (tertiary/aromatic N) is 9. The molecule has 7 rings (SSSR count). The smallest absolute Gasteiger partial charge is 0.424 e. The topological polar surface area (TPSA) is 147 Å². The maximum atomic E-state index is 13.7. The van der Waals surface area contributed by atoms with Gasteiger partial charge in [-0.1, -0.05) is 0 Å². The number of hydrogen-bond donors (Lipinski definition) is 1. The van der Waals surface area contributed by atoms with Crippen molar-refractivity contribution in [1.82, 2.24) is 39.9 Å². The van der Waals surface area contributed by atoms with Crippen LogP contribution in [0, 0.1) is 5.92 Å². The lowest BCUT2D eigenvalue weighted by atomic mass is 9.78. The first-order valence-electron chi connectivity index (χ1n) is 14.0. The summed E-state index contributed by atoms with van der Waals surface area (Å²) in [7, 11) is 0. The monoisotopic (exact) mass is 563 g/mol. The Labute approximate surface area is 226 Å². The Morgan fingerprint density at radius 2 is 1.90 bits per heavy atom. The van der Waals surface area contributed by atoms with Crippen LogP contribution in [-0.4, -0.2) is 58.2 Å². The Kier molecular flexibility index (Phi) is 4.45. The summed E-state index contributed by atoms with van der Waals surface area (Å²) in [6.45, 7) is -2.85. The van der Waals surface area contributed by atoms with E-state index in [9.17, 15) is 22.0 Å². The number of hydrogen-bond acceptors (Lipinski definition) is 10. The van der Waals surface area contributed by atoms with Crippen molar-refractivity contribution in [2.75, 3.05) is 5.73 Å². The van der Waals surface area contributed by atoms with E-state index >= 15 is 0 Å². The number of aliphatic imine (C=N–C) groups is 1. The van der Waals surface area contributed by atoms with Gasteiger partial charge in [0, 0.05) is 36.1 Å². The molecular formula is C24H21F5N10O. The molecule has 0 radical (unpaired) electrons. The standard InChI is InChI=1S/C24H21F5N10O/c1-39-19-12(8-32-39)15(33-13(34-19)6-7-23(25,26)24(27,28)29)18-35-16(30)14-17(36-18)31-9-22(14,11-4-5-11)21-38-37-20(40-21)10-2-3-10/h8-11H,2-7H2,1H3,(H2,30,35,36)/i1D3. The second kappa shape index (κ2) is 8.20. The van der Waals surface area contributed by atoms with Crippen LogP contribution in [-0.2, 0) is 18.8 Å². The molecule has 0 aromatic carbocycles. The normalized spacial score (nSPS) is 22.4. The van der Waals surface area contributed by atoms with Crippen molar-refractivity contribution in [2.45, 2.75) is 62.0 Å². The van der Waals surface area contributed by atoms with E-state index in [1.807, 2.05) is 0 Å². The number of alkyl halides is 5. The first-order valence-corrected chi connectivity index (χ1v) is 12.5. The minimum absolute atomic E-state index is 0.0169. The van der Waals surface area contributed by atoms with Crippen molar-refractivity contribution in [1.29, 1.82) is 0 Å². The van der Waals surface area contributed by atoms with Crippen molar-refractivity contribution >= 4 is 28.9 Å². The number of rotatable bonds is 7. The minimum atomic E-state index is -5.79. The van der Waals surface area contributed by atoms with Crippen molar-refractivity contribution in [2.24, 2.45) is 17.9 Å². The predicted molar refractivity (Wildman–Crippen MR) is 129 cm³/mol. The van der Waals surface area contributed by atoms with Gasteiger partial charge in [0.15, 0.2) is 17.3 Å². The molecule has 0 amide bonds. The van der Waals surface area contributed by atoms with E-state index < -0.39 is 43.2 Å². The van der Waals surface area contributed by atoms with Crippen LogP contribution in [0.3, 0.4) is 0 Å². The van der Waals surface area contributed by atoms with Gasteiger partial charge in [0.05, 0.1) is 17.1 Å². The second-order valence-electron chi connectivity index (χ2n) is 10.2. The molecule has 40 heavy (non-hydrogen) atoms. The van der Waals surface area contributed by atoms with E-state index in [1.165, 1.54) is 0 Å². The fourth-order valence-electron chi connectivity index (χ4n) is 5.02. The fourth-order valence-corrected chi connectivity index (χ4v) is 5.02. The number of nitrogen functional groups attached to an aromatic ring is 1. The van der Waals surface area contributed by atoms with Gasteiger partial charge in [0.25, 0.3) is 0 Å². The van der Waals surface area contributed by atoms with E-state index in [0.717, 1.165) is 31.9 Å². The molecule has 208 valence electrons. The molecule has 4 aromatic rings. The quantitative estimate of drug-likeness (QED) is 0.327. The van der Waals surface area contributed by atoms with Crippen LogP contribution < -0.4 is 5.73 Å². The molecule has 4 aromatic heterocycles. The lowest BCUT2D eigenvalue weighted by Crippen LogP contribution is -2.36. The Morgan fingerprint density at radius 1 is 1.10 bits per heavy atom. The second-order valence-corrected chi connectivity index (χ2v) is 10.2. The highest BCUT2D eigenvalue weighted by Gasteiger charge is 2.57. The highest BCUT2D eigenvalue weighted by Crippen LogP contribution is 2.56. The molecule has 1 aliphatic heterocycles. The average Bonchev–Trinajstić information content (AvgIpc) is 3.82. The van der Waals surface area contributed by atoms with Gasteiger partial charge < -0.3 is 10.2 Å². The summed E-state index contributed by atoms with van der Waals surface area (Å²) < 4.78 is 95.8. The average molecular weight is 564 g/mol. The van der Waals surface area contributed by atoms with Gasteiger partial charge in [0.2, 0.25) is 11.8 Å². The summed E-state index contributed by atoms with van der Waals surface area (Å²) in [5.41, 5.74) is 5.49. The SMILES string of the molecule is [2H]C([2H])([2H])n1ncc2c(-c3nc(N)c4c(n3)N=CC4(c3nnc(C4CC4)o3)C3CC3)nc(CCC(F)(F)C(F)(F)F)nc21. The van der Waals surface area contributed by atoms with Crippen molar-refractivity contribution in [3.8, 4) is 11.5 Å². The summed E-state index contributed by atoms with van der Waals surface area (Å²) in [5.74, 6) is -4.44. The maximum Gasteiger partial charge on any atom is 0.453 e. The summed E-state index contributed by atoms with van der Waals surface area (Å²) in [6.07, 6.45) is -2.06. The molecular weight excluding hydrogens is 539 g/mol. The molecule has 0 spiro atoms. The summed E-state index contributed by atoms with van der Waals surface area (Å²) in [5, 5.41) is 12.4. The zero-order valence-corrected chi connectivity index (χ0v) is 20.5. The molecule has 0 saturated heterocycles. The van der Waals surface area contributed by atoms with Gasteiger partial charge >= 0.3 is 12.1 Å². The van der Waals surface area contributed by atoms with Gasteiger partial charge in [-0.25, -0.2) is 24.9 Å². The Balaban J connectivity index is 1.34. The zero-order chi connectivity index (χ0) is 30.5. The van der Waals surface area contributed by atoms with Crippen molar-refractivity contribution in [3.63, 3.8) is 0 Å². The molecule has 2 aliphatic carbocycles. The third-order valence-electron chi connectivity index (χ3n) is 7.43. The van der Waals surface area contributed by atoms with Gasteiger partial charge in [0.1, 0.15) is 22.8 Å². The van der Waals surface area contributed by atoms with Crippen LogP contribution in [0.2, 0.25) is 0 Å². The Hall–Kier alpha value is -4.11. The summed E-state index contributed by atoms with van der Waals surface area (Å²) in [6, 6.07) is 0. The van der Waals surface area contributed by atoms with Crippen LogP contribution in [0.15, 0.2) is 15.6 Å². The molecule has 11 nitrogen and oxygen atoms in total. The lowest BCUT2D eigenvalue weighted by molar-refractivity contribution is -0.284. The number of halogens is 5. The third kappa shape index (κ3) is 3.75. The van der Waals surface area contributed by atoms with Gasteiger partial charge in [-0.2, -0.15) is 27.1 Å². The number of nitrogens with two attached hydrogens (primary N) is 1. The Bertz CT molecular complexity index is 1790. The predicted octanol–water partition coefficient (Wildman–Crippen LogP) is 4.21. The minimum Gasteiger partial charge on any atom is -0.424 e. The molecule has 3 aliphatic rings. The van der Waals surface area contributed by atoms with Crippen LogP contribution in [0.4, 0.5) is 33.6 Å². The molecule has 0 bridgehead atoms. The van der Waals surface area contributed by atoms with Crippen LogP contribution in [0.1, 0.15) is 65.3 Å². The fraction of sp³-hybridized carbons (Fsp3) is 0.500.